The molecule has 0 amide bonds. The van der Waals surface area contributed by atoms with Crippen LogP contribution in [0.2, 0.25) is 0 Å². The minimum atomic E-state index is 0.178. The van der Waals surface area contributed by atoms with E-state index >= 15 is 0 Å². The first-order valence-electron chi connectivity index (χ1n) is 3.89. The second-order valence-electron chi connectivity index (χ2n) is 2.72. The average Bonchev–Trinajstić information content (AvgIpc) is 2.75. The van der Waals surface area contributed by atoms with Crippen molar-refractivity contribution < 1.29 is 4.52 Å². The second-order valence-corrected chi connectivity index (χ2v) is 4.75. The number of hydrogen-bond donors (Lipinski definition) is 1. The molecule has 3 aromatic rings. The van der Waals surface area contributed by atoms with Crippen molar-refractivity contribution in [1.29, 1.82) is 0 Å². The summed E-state index contributed by atoms with van der Waals surface area (Å²) in [4.78, 5) is 4.94. The van der Waals surface area contributed by atoms with Crippen LogP contribution in [-0.2, 0) is 0 Å². The third-order valence-electron chi connectivity index (χ3n) is 1.79. The maximum atomic E-state index is 5.38. The molecule has 0 aromatic carbocycles. The van der Waals surface area contributed by atoms with Crippen LogP contribution in [0.25, 0.3) is 20.2 Å². The molecule has 6 heteroatoms. The molecule has 2 N–H and O–H groups in total. The third kappa shape index (κ3) is 1.11. The summed E-state index contributed by atoms with van der Waals surface area (Å²) >= 11 is 3.33. The number of hydrogen-bond acceptors (Lipinski definition) is 6. The van der Waals surface area contributed by atoms with Crippen molar-refractivity contribution in [3.05, 3.63) is 17.5 Å². The number of nitrogen functional groups attached to an aromatic ring is 1. The van der Waals surface area contributed by atoms with Gasteiger partial charge in [-0.05, 0) is 22.7 Å². The molecule has 0 spiro atoms. The van der Waals surface area contributed by atoms with E-state index in [1.807, 2.05) is 6.07 Å². The number of fused-ring (bicyclic) bond motifs is 1. The Hall–Kier alpha value is -1.40. The second kappa shape index (κ2) is 2.79. The smallest absolute Gasteiger partial charge is 0.269 e. The number of anilines is 1. The molecule has 0 atom stereocenters. The molecular weight excluding hydrogens is 218 g/mol. The maximum absolute atomic E-state index is 5.38. The number of nitrogens with zero attached hydrogens (tertiary/aromatic N) is 2. The van der Waals surface area contributed by atoms with Crippen molar-refractivity contribution in [2.45, 2.75) is 0 Å². The predicted octanol–water partition coefficient (Wildman–Crippen LogP) is 2.59. The van der Waals surface area contributed by atoms with Crippen molar-refractivity contribution in [2.75, 3.05) is 5.73 Å². The normalized spacial score (nSPS) is 11.1. The molecule has 0 aliphatic heterocycles. The molecule has 0 fully saturated rings. The van der Waals surface area contributed by atoms with Gasteiger partial charge in [-0.15, -0.1) is 22.7 Å². The third-order valence-corrected chi connectivity index (χ3v) is 3.87. The van der Waals surface area contributed by atoms with Gasteiger partial charge in [-0.2, -0.15) is 4.98 Å². The molecule has 0 radical (unpaired) electrons. The predicted molar refractivity (Wildman–Crippen MR) is 57.4 cm³/mol. The Morgan fingerprint density at radius 2 is 2.29 bits per heavy atom. The van der Waals surface area contributed by atoms with Crippen LogP contribution in [0.1, 0.15) is 0 Å². The highest BCUT2D eigenvalue weighted by Gasteiger charge is 2.10. The Balaban J connectivity index is 2.18. The van der Waals surface area contributed by atoms with E-state index in [4.69, 9.17) is 10.3 Å². The van der Waals surface area contributed by atoms with E-state index in [9.17, 15) is 0 Å². The molecule has 0 unspecified atom stereocenters. The van der Waals surface area contributed by atoms with Crippen molar-refractivity contribution in [3.63, 3.8) is 0 Å². The van der Waals surface area contributed by atoms with Crippen LogP contribution in [0.5, 0.6) is 0 Å². The summed E-state index contributed by atoms with van der Waals surface area (Å²) in [5, 5.41) is 5.61. The standard InChI is InChI=1S/C8H5N3OS2/c9-8-10-7(12-11-8)6-3-5-4(14-6)1-2-13-5/h1-3H,(H2,9,11). The minimum absolute atomic E-state index is 0.178. The van der Waals surface area contributed by atoms with Crippen LogP contribution >= 0.6 is 22.7 Å². The summed E-state index contributed by atoms with van der Waals surface area (Å²) in [6.07, 6.45) is 0. The molecule has 0 aliphatic carbocycles. The largest absolute Gasteiger partial charge is 0.365 e. The monoisotopic (exact) mass is 223 g/mol. The molecule has 70 valence electrons. The Labute approximate surface area is 87.0 Å². The summed E-state index contributed by atoms with van der Waals surface area (Å²) in [7, 11) is 0. The van der Waals surface area contributed by atoms with Gasteiger partial charge >= 0.3 is 0 Å². The first kappa shape index (κ1) is 7.95. The lowest BCUT2D eigenvalue weighted by molar-refractivity contribution is 0.434. The Morgan fingerprint density at radius 1 is 1.36 bits per heavy atom. The van der Waals surface area contributed by atoms with Gasteiger partial charge in [0.25, 0.3) is 11.8 Å². The van der Waals surface area contributed by atoms with Gasteiger partial charge in [0.15, 0.2) is 0 Å². The van der Waals surface area contributed by atoms with E-state index in [0.717, 1.165) is 4.88 Å². The summed E-state index contributed by atoms with van der Waals surface area (Å²) in [6, 6.07) is 4.12. The molecule has 3 aromatic heterocycles. The van der Waals surface area contributed by atoms with Gasteiger partial charge in [0.2, 0.25) is 0 Å². The zero-order valence-electron chi connectivity index (χ0n) is 6.93. The van der Waals surface area contributed by atoms with Crippen molar-refractivity contribution in [1.82, 2.24) is 10.1 Å². The highest BCUT2D eigenvalue weighted by Crippen LogP contribution is 2.35. The summed E-state index contributed by atoms with van der Waals surface area (Å²) < 4.78 is 7.45. The lowest BCUT2D eigenvalue weighted by Crippen LogP contribution is -1.84. The SMILES string of the molecule is Nc1noc(-c2cc3sccc3s2)n1. The van der Waals surface area contributed by atoms with Gasteiger partial charge in [0.05, 0.1) is 4.88 Å². The fraction of sp³-hybridized carbons (Fsp3) is 0. The number of rotatable bonds is 1. The summed E-state index contributed by atoms with van der Waals surface area (Å²) in [6.45, 7) is 0. The van der Waals surface area contributed by atoms with Crippen LogP contribution < -0.4 is 5.73 Å². The number of thiophene rings is 2. The van der Waals surface area contributed by atoms with Crippen LogP contribution in [0.15, 0.2) is 22.0 Å². The highest BCUT2D eigenvalue weighted by atomic mass is 32.1. The molecular formula is C8H5N3OS2. The topological polar surface area (TPSA) is 64.9 Å². The van der Waals surface area contributed by atoms with E-state index in [1.54, 1.807) is 22.7 Å². The fourth-order valence-corrected chi connectivity index (χ4v) is 3.24. The first-order chi connectivity index (χ1) is 6.83. The van der Waals surface area contributed by atoms with Gasteiger partial charge in [-0.1, -0.05) is 0 Å². The van der Waals surface area contributed by atoms with Crippen LogP contribution in [0.3, 0.4) is 0 Å². The number of aromatic nitrogens is 2. The Bertz CT molecular complexity index is 551. The molecule has 4 nitrogen and oxygen atoms in total. The Morgan fingerprint density at radius 3 is 3.00 bits per heavy atom. The van der Waals surface area contributed by atoms with Gasteiger partial charge in [-0.25, -0.2) is 0 Å². The van der Waals surface area contributed by atoms with E-state index in [0.29, 0.717) is 5.89 Å². The van der Waals surface area contributed by atoms with Gasteiger partial charge in [-0.3, -0.25) is 0 Å². The van der Waals surface area contributed by atoms with Crippen molar-refractivity contribution in [3.8, 4) is 10.8 Å². The van der Waals surface area contributed by atoms with E-state index in [1.165, 1.54) is 9.40 Å². The summed E-state index contributed by atoms with van der Waals surface area (Å²) in [5.41, 5.74) is 5.38. The highest BCUT2D eigenvalue weighted by molar-refractivity contribution is 7.28. The van der Waals surface area contributed by atoms with Crippen LogP contribution in [-0.4, -0.2) is 10.1 Å². The summed E-state index contributed by atoms with van der Waals surface area (Å²) in [5.74, 6) is 0.674. The molecule has 0 aliphatic rings. The molecule has 3 heterocycles. The molecule has 0 saturated carbocycles. The average molecular weight is 223 g/mol. The van der Waals surface area contributed by atoms with Gasteiger partial charge < -0.3 is 10.3 Å². The maximum Gasteiger partial charge on any atom is 0.269 e. The van der Waals surface area contributed by atoms with Crippen molar-refractivity contribution >= 4 is 38.0 Å². The minimum Gasteiger partial charge on any atom is -0.365 e. The zero-order chi connectivity index (χ0) is 9.54. The lowest BCUT2D eigenvalue weighted by Gasteiger charge is -1.81. The fourth-order valence-electron chi connectivity index (χ4n) is 1.21. The van der Waals surface area contributed by atoms with E-state index < -0.39 is 0 Å². The number of nitrogens with two attached hydrogens (primary N) is 1. The van der Waals surface area contributed by atoms with Gasteiger partial charge in [0.1, 0.15) is 0 Å². The zero-order valence-corrected chi connectivity index (χ0v) is 8.56. The molecule has 14 heavy (non-hydrogen) atoms. The lowest BCUT2D eigenvalue weighted by atomic mass is 10.4. The van der Waals surface area contributed by atoms with Gasteiger partial charge in [0, 0.05) is 9.40 Å². The first-order valence-corrected chi connectivity index (χ1v) is 5.59. The van der Waals surface area contributed by atoms with E-state index in [2.05, 4.69) is 21.6 Å². The van der Waals surface area contributed by atoms with E-state index in [-0.39, 0.29) is 5.95 Å². The van der Waals surface area contributed by atoms with Crippen molar-refractivity contribution in [2.24, 2.45) is 0 Å². The molecule has 0 bridgehead atoms. The Kier molecular flexibility index (Phi) is 1.59. The van der Waals surface area contributed by atoms with Crippen LogP contribution in [0, 0.1) is 0 Å². The molecule has 3 rings (SSSR count). The quantitative estimate of drug-likeness (QED) is 0.688. The molecule has 0 saturated heterocycles. The van der Waals surface area contributed by atoms with Crippen LogP contribution in [0.4, 0.5) is 5.95 Å².